The highest BCUT2D eigenvalue weighted by molar-refractivity contribution is 6.15. The molecule has 0 saturated carbocycles. The van der Waals surface area contributed by atoms with Crippen LogP contribution in [0, 0.1) is 0 Å². The van der Waals surface area contributed by atoms with Gasteiger partial charge in [0.1, 0.15) is 11.2 Å². The second-order valence-corrected chi connectivity index (χ2v) is 14.4. The topological polar surface area (TPSA) is 16.4 Å². The molecule has 0 N–H and O–H groups in total. The van der Waals surface area contributed by atoms with Crippen molar-refractivity contribution in [3.8, 4) is 33.4 Å². The Kier molecular flexibility index (Phi) is 7.53. The van der Waals surface area contributed by atoms with E-state index in [0.29, 0.717) is 0 Å². The second kappa shape index (κ2) is 13.2. The highest BCUT2D eigenvalue weighted by atomic mass is 16.3. The zero-order valence-corrected chi connectivity index (χ0v) is 30.6. The maximum Gasteiger partial charge on any atom is 0.136 e. The Morgan fingerprint density at radius 3 is 1.66 bits per heavy atom. The third kappa shape index (κ3) is 5.26. The van der Waals surface area contributed by atoms with Gasteiger partial charge in [-0.1, -0.05) is 170 Å². The van der Waals surface area contributed by atoms with Crippen molar-refractivity contribution in [2.45, 2.75) is 0 Å². The van der Waals surface area contributed by atoms with Crippen molar-refractivity contribution in [3.05, 3.63) is 212 Å². The quantitative estimate of drug-likeness (QED) is 0.160. The van der Waals surface area contributed by atoms with Gasteiger partial charge < -0.3 is 9.32 Å². The lowest BCUT2D eigenvalue weighted by atomic mass is 9.89. The number of fused-ring (bicyclic) bond motifs is 7. The number of hydrogen-bond donors (Lipinski definition) is 0. The first-order chi connectivity index (χ1) is 27.8. The predicted octanol–water partition coefficient (Wildman–Crippen LogP) is 15.5. The van der Waals surface area contributed by atoms with Gasteiger partial charge in [-0.3, -0.25) is 0 Å². The van der Waals surface area contributed by atoms with Crippen molar-refractivity contribution >= 4 is 71.3 Å². The van der Waals surface area contributed by atoms with Crippen molar-refractivity contribution in [3.63, 3.8) is 0 Å². The number of hydrogen-bond acceptors (Lipinski definition) is 2. The van der Waals surface area contributed by atoms with Crippen molar-refractivity contribution < 1.29 is 4.42 Å². The van der Waals surface area contributed by atoms with E-state index in [1.165, 1.54) is 54.6 Å². The normalized spacial score (nSPS) is 11.6. The Hall–Kier alpha value is -7.42. The van der Waals surface area contributed by atoms with Crippen molar-refractivity contribution in [1.29, 1.82) is 0 Å². The molecule has 11 rings (SSSR count). The lowest BCUT2D eigenvalue weighted by molar-refractivity contribution is 0.669. The Morgan fingerprint density at radius 2 is 0.893 bits per heavy atom. The van der Waals surface area contributed by atoms with Gasteiger partial charge >= 0.3 is 0 Å². The van der Waals surface area contributed by atoms with Gasteiger partial charge in [0.25, 0.3) is 0 Å². The van der Waals surface area contributed by atoms with E-state index in [4.69, 9.17) is 4.42 Å². The van der Waals surface area contributed by atoms with Gasteiger partial charge in [-0.25, -0.2) is 0 Å². The molecule has 0 radical (unpaired) electrons. The number of anilines is 3. The molecule has 0 fully saturated rings. The molecular formula is C54H35NO. The van der Waals surface area contributed by atoms with Gasteiger partial charge in [-0.2, -0.15) is 0 Å². The van der Waals surface area contributed by atoms with Crippen molar-refractivity contribution in [2.24, 2.45) is 0 Å². The van der Waals surface area contributed by atoms with Crippen LogP contribution in [0.5, 0.6) is 0 Å². The first kappa shape index (κ1) is 32.0. The van der Waals surface area contributed by atoms with Crippen LogP contribution < -0.4 is 4.90 Å². The van der Waals surface area contributed by atoms with Crippen LogP contribution in [0.1, 0.15) is 0 Å². The fourth-order valence-electron chi connectivity index (χ4n) is 8.67. The van der Waals surface area contributed by atoms with Gasteiger partial charge in [0.2, 0.25) is 0 Å². The molecule has 0 aliphatic heterocycles. The zero-order valence-electron chi connectivity index (χ0n) is 30.6. The largest absolute Gasteiger partial charge is 0.456 e. The lowest BCUT2D eigenvalue weighted by Gasteiger charge is -2.28. The van der Waals surface area contributed by atoms with Gasteiger partial charge in [0.15, 0.2) is 0 Å². The molecule has 0 spiro atoms. The van der Waals surface area contributed by atoms with Crippen LogP contribution in [0.4, 0.5) is 17.1 Å². The molecule has 0 aliphatic rings. The summed E-state index contributed by atoms with van der Waals surface area (Å²) in [6, 6.07) is 76.5. The lowest BCUT2D eigenvalue weighted by Crippen LogP contribution is -2.10. The molecule has 2 heteroatoms. The summed E-state index contributed by atoms with van der Waals surface area (Å²) in [5, 5.41) is 9.66. The van der Waals surface area contributed by atoms with Crippen molar-refractivity contribution in [2.75, 3.05) is 4.90 Å². The molecule has 262 valence electrons. The molecule has 0 bridgehead atoms. The summed E-state index contributed by atoms with van der Waals surface area (Å²) in [6.07, 6.45) is 0. The van der Waals surface area contributed by atoms with Crippen LogP contribution in [0.15, 0.2) is 217 Å². The number of para-hydroxylation sites is 1. The maximum absolute atomic E-state index is 6.26. The first-order valence-corrected chi connectivity index (χ1v) is 19.2. The minimum absolute atomic E-state index is 0.902. The number of rotatable bonds is 6. The highest BCUT2D eigenvalue weighted by Crippen LogP contribution is 2.45. The Morgan fingerprint density at radius 1 is 0.321 bits per heavy atom. The highest BCUT2D eigenvalue weighted by Gasteiger charge is 2.20. The SMILES string of the molecule is c1ccc(-c2ccc3ccccc3c2-c2ccc(N(c3ccc(-c4cccc5oc6ccccc6c45)cc3)c3cc4ccccc4c4ccccc34)cc2)cc1. The minimum atomic E-state index is 0.902. The molecule has 56 heavy (non-hydrogen) atoms. The molecule has 0 saturated heterocycles. The summed E-state index contributed by atoms with van der Waals surface area (Å²) in [6.45, 7) is 0. The van der Waals surface area contributed by atoms with E-state index in [2.05, 4.69) is 205 Å². The van der Waals surface area contributed by atoms with Crippen molar-refractivity contribution in [1.82, 2.24) is 0 Å². The van der Waals surface area contributed by atoms with E-state index in [9.17, 15) is 0 Å². The van der Waals surface area contributed by atoms with Crippen LogP contribution in [0.2, 0.25) is 0 Å². The monoisotopic (exact) mass is 713 g/mol. The van der Waals surface area contributed by atoms with Gasteiger partial charge in [0.05, 0.1) is 5.69 Å². The van der Waals surface area contributed by atoms with E-state index in [1.54, 1.807) is 0 Å². The summed E-state index contributed by atoms with van der Waals surface area (Å²) < 4.78 is 6.26. The van der Waals surface area contributed by atoms with Crippen LogP contribution >= 0.6 is 0 Å². The van der Waals surface area contributed by atoms with E-state index in [-0.39, 0.29) is 0 Å². The van der Waals surface area contributed by atoms with Crippen LogP contribution in [-0.4, -0.2) is 0 Å². The Balaban J connectivity index is 1.09. The summed E-state index contributed by atoms with van der Waals surface area (Å²) in [7, 11) is 0. The summed E-state index contributed by atoms with van der Waals surface area (Å²) in [5.74, 6) is 0. The molecule has 10 aromatic carbocycles. The molecule has 1 heterocycles. The Labute approximate surface area is 325 Å². The first-order valence-electron chi connectivity index (χ1n) is 19.2. The van der Waals surface area contributed by atoms with Crippen LogP contribution in [-0.2, 0) is 0 Å². The third-order valence-electron chi connectivity index (χ3n) is 11.3. The molecule has 1 aromatic heterocycles. The number of nitrogens with zero attached hydrogens (tertiary/aromatic N) is 1. The van der Waals surface area contributed by atoms with Gasteiger partial charge in [0, 0.05) is 27.5 Å². The molecule has 0 atom stereocenters. The number of furan rings is 1. The molecule has 0 amide bonds. The van der Waals surface area contributed by atoms with Gasteiger partial charge in [-0.05, 0) is 103 Å². The predicted molar refractivity (Wildman–Crippen MR) is 237 cm³/mol. The fraction of sp³-hybridized carbons (Fsp3) is 0. The molecule has 0 unspecified atom stereocenters. The van der Waals surface area contributed by atoms with E-state index < -0.39 is 0 Å². The average molecular weight is 714 g/mol. The molecule has 11 aromatic rings. The third-order valence-corrected chi connectivity index (χ3v) is 11.3. The van der Waals surface area contributed by atoms with E-state index in [1.807, 2.05) is 12.1 Å². The van der Waals surface area contributed by atoms with Crippen LogP contribution in [0.3, 0.4) is 0 Å². The van der Waals surface area contributed by atoms with Gasteiger partial charge in [-0.15, -0.1) is 0 Å². The summed E-state index contributed by atoms with van der Waals surface area (Å²) >= 11 is 0. The maximum atomic E-state index is 6.26. The minimum Gasteiger partial charge on any atom is -0.456 e. The zero-order chi connectivity index (χ0) is 37.0. The Bertz CT molecular complexity index is 3230. The summed E-state index contributed by atoms with van der Waals surface area (Å²) in [5.41, 5.74) is 12.3. The smallest absolute Gasteiger partial charge is 0.136 e. The average Bonchev–Trinajstić information content (AvgIpc) is 3.66. The fourth-order valence-corrected chi connectivity index (χ4v) is 8.67. The standard InChI is InChI=1S/C54H35NO/c1-2-13-36(14-3-1)46-34-29-37-15-4-7-18-44(37)53(46)39-27-32-42(33-28-39)55(50-35-40-16-5-6-17-43(40)47-19-8-9-20-48(47)50)41-30-25-38(26-31-41)45-22-12-24-52-54(45)49-21-10-11-23-51(49)56-52/h1-35H. The van der Waals surface area contributed by atoms with E-state index >= 15 is 0 Å². The molecule has 2 nitrogen and oxygen atoms in total. The van der Waals surface area contributed by atoms with E-state index in [0.717, 1.165) is 50.1 Å². The van der Waals surface area contributed by atoms with Crippen LogP contribution in [0.25, 0.3) is 87.6 Å². The molecular weight excluding hydrogens is 679 g/mol. The second-order valence-electron chi connectivity index (χ2n) is 14.4. The summed E-state index contributed by atoms with van der Waals surface area (Å²) in [4.78, 5) is 2.41. The molecule has 0 aliphatic carbocycles. The number of benzene rings is 10.